The van der Waals surface area contributed by atoms with Crippen LogP contribution in [0.3, 0.4) is 0 Å². The van der Waals surface area contributed by atoms with Gasteiger partial charge in [0.1, 0.15) is 0 Å². The highest BCUT2D eigenvalue weighted by Crippen LogP contribution is 2.03. The van der Waals surface area contributed by atoms with Gasteiger partial charge in [-0.15, -0.1) is 0 Å². The van der Waals surface area contributed by atoms with Crippen molar-refractivity contribution < 1.29 is 18.6 Å². The summed E-state index contributed by atoms with van der Waals surface area (Å²) in [5.41, 5.74) is 0. The molecule has 0 heterocycles. The molecule has 0 aliphatic rings. The van der Waals surface area contributed by atoms with Gasteiger partial charge in [-0.25, -0.2) is 0 Å². The Kier molecular flexibility index (Phi) is 9.44. The predicted molar refractivity (Wildman–Crippen MR) is 94.7 cm³/mol. The lowest BCUT2D eigenvalue weighted by atomic mass is 10.3. The largest absolute Gasteiger partial charge is 0.347 e. The minimum absolute atomic E-state index is 0.121. The number of carbonyl (C=O) groups is 2. The molecule has 0 saturated heterocycles. The second-order valence-corrected chi connectivity index (χ2v) is 7.11. The SMILES string of the molecule is C=CC(=O)NCC[N+](C)(C)CCC[N+](C)(C)CCNC(=O)C=C. The molecule has 0 unspecified atom stereocenters. The minimum atomic E-state index is -0.121. The Labute approximate surface area is 141 Å². The van der Waals surface area contributed by atoms with Crippen LogP contribution >= 0.6 is 0 Å². The van der Waals surface area contributed by atoms with Gasteiger partial charge in [-0.1, -0.05) is 13.2 Å². The van der Waals surface area contributed by atoms with E-state index in [0.717, 1.165) is 41.6 Å². The summed E-state index contributed by atoms with van der Waals surface area (Å²) in [6, 6.07) is 0. The summed E-state index contributed by atoms with van der Waals surface area (Å²) in [6.45, 7) is 12.1. The number of hydrogen-bond donors (Lipinski definition) is 2. The third-order valence-electron chi connectivity index (χ3n) is 3.93. The van der Waals surface area contributed by atoms with Crippen molar-refractivity contribution in [2.24, 2.45) is 0 Å². The second kappa shape index (κ2) is 10.2. The molecular formula is C17H34N4O2+2. The zero-order valence-corrected chi connectivity index (χ0v) is 15.2. The molecule has 2 N–H and O–H groups in total. The molecule has 0 spiro atoms. The van der Waals surface area contributed by atoms with E-state index in [4.69, 9.17) is 0 Å². The standard InChI is InChI=1S/C17H32N4O2/c1-7-16(22)18-10-14-20(3,4)12-9-13-21(5,6)15-11-19-17(23)8-2/h7-8H,1-2,9-15H2,3-6H3/p+2. The molecule has 0 bridgehead atoms. The Morgan fingerprint density at radius 3 is 1.43 bits per heavy atom. The number of hydrogen-bond acceptors (Lipinski definition) is 2. The van der Waals surface area contributed by atoms with Gasteiger partial charge < -0.3 is 19.6 Å². The van der Waals surface area contributed by atoms with Crippen molar-refractivity contribution in [3.63, 3.8) is 0 Å². The summed E-state index contributed by atoms with van der Waals surface area (Å²) in [4.78, 5) is 22.3. The first-order valence-electron chi connectivity index (χ1n) is 8.06. The smallest absolute Gasteiger partial charge is 0.243 e. The van der Waals surface area contributed by atoms with Crippen LogP contribution < -0.4 is 10.6 Å². The van der Waals surface area contributed by atoms with Gasteiger partial charge in [-0.2, -0.15) is 0 Å². The van der Waals surface area contributed by atoms with E-state index >= 15 is 0 Å². The summed E-state index contributed by atoms with van der Waals surface area (Å²) < 4.78 is 1.73. The van der Waals surface area contributed by atoms with Crippen LogP contribution in [0.4, 0.5) is 0 Å². The Morgan fingerprint density at radius 2 is 1.13 bits per heavy atom. The molecule has 6 nitrogen and oxygen atoms in total. The third kappa shape index (κ3) is 11.5. The maximum atomic E-state index is 11.1. The highest BCUT2D eigenvalue weighted by atomic mass is 16.2. The fourth-order valence-electron chi connectivity index (χ4n) is 2.26. The van der Waals surface area contributed by atoms with Crippen LogP contribution in [0.2, 0.25) is 0 Å². The Balaban J connectivity index is 3.99. The van der Waals surface area contributed by atoms with E-state index in [-0.39, 0.29) is 11.8 Å². The molecule has 0 radical (unpaired) electrons. The monoisotopic (exact) mass is 326 g/mol. The number of amides is 2. The normalized spacial score (nSPS) is 11.7. The van der Waals surface area contributed by atoms with Gasteiger partial charge in [0.15, 0.2) is 0 Å². The molecule has 0 aromatic heterocycles. The van der Waals surface area contributed by atoms with Crippen molar-refractivity contribution in [1.29, 1.82) is 0 Å². The number of carbonyl (C=O) groups excluding carboxylic acids is 2. The van der Waals surface area contributed by atoms with E-state index in [1.165, 1.54) is 12.2 Å². The summed E-state index contributed by atoms with van der Waals surface area (Å²) in [6.07, 6.45) is 3.68. The number of likely N-dealkylation sites (N-methyl/N-ethyl adjacent to an activating group) is 2. The zero-order chi connectivity index (χ0) is 17.9. The summed E-state index contributed by atoms with van der Waals surface area (Å²) in [7, 11) is 8.68. The number of nitrogens with one attached hydrogen (secondary N) is 2. The molecule has 0 saturated carbocycles. The maximum Gasteiger partial charge on any atom is 0.243 e. The maximum absolute atomic E-state index is 11.1. The van der Waals surface area contributed by atoms with Crippen molar-refractivity contribution in [2.75, 3.05) is 67.5 Å². The van der Waals surface area contributed by atoms with Gasteiger partial charge in [0.25, 0.3) is 0 Å². The summed E-state index contributed by atoms with van der Waals surface area (Å²) in [5, 5.41) is 5.63. The summed E-state index contributed by atoms with van der Waals surface area (Å²) >= 11 is 0. The fourth-order valence-corrected chi connectivity index (χ4v) is 2.26. The molecule has 2 amide bonds. The van der Waals surface area contributed by atoms with Crippen LogP contribution in [-0.4, -0.2) is 88.2 Å². The van der Waals surface area contributed by atoms with Crippen molar-refractivity contribution in [3.8, 4) is 0 Å². The van der Waals surface area contributed by atoms with Gasteiger partial charge in [0.05, 0.1) is 67.5 Å². The minimum Gasteiger partial charge on any atom is -0.347 e. The Morgan fingerprint density at radius 1 is 0.783 bits per heavy atom. The van der Waals surface area contributed by atoms with Crippen molar-refractivity contribution >= 4 is 11.8 Å². The predicted octanol–water partition coefficient (Wildman–Crippen LogP) is 0.134. The molecule has 0 aromatic carbocycles. The fraction of sp³-hybridized carbons (Fsp3) is 0.647. The van der Waals surface area contributed by atoms with Crippen molar-refractivity contribution in [3.05, 3.63) is 25.3 Å². The van der Waals surface area contributed by atoms with Gasteiger partial charge in [-0.05, 0) is 12.2 Å². The van der Waals surface area contributed by atoms with Gasteiger partial charge in [-0.3, -0.25) is 9.59 Å². The first kappa shape index (κ1) is 21.3. The molecule has 132 valence electrons. The molecule has 0 rings (SSSR count). The molecule has 23 heavy (non-hydrogen) atoms. The topological polar surface area (TPSA) is 58.2 Å². The molecular weight excluding hydrogens is 292 g/mol. The van der Waals surface area contributed by atoms with E-state index in [2.05, 4.69) is 52.0 Å². The van der Waals surface area contributed by atoms with E-state index < -0.39 is 0 Å². The highest BCUT2D eigenvalue weighted by Gasteiger charge is 2.19. The van der Waals surface area contributed by atoms with Crippen LogP contribution in [0.25, 0.3) is 0 Å². The first-order chi connectivity index (χ1) is 10.6. The zero-order valence-electron chi connectivity index (χ0n) is 15.2. The first-order valence-corrected chi connectivity index (χ1v) is 8.06. The Bertz CT molecular complexity index is 379. The molecule has 0 aliphatic carbocycles. The van der Waals surface area contributed by atoms with E-state index in [0.29, 0.717) is 13.1 Å². The van der Waals surface area contributed by atoms with Crippen molar-refractivity contribution in [2.45, 2.75) is 6.42 Å². The molecule has 6 heteroatoms. The molecule has 0 aromatic rings. The molecule has 0 aliphatic heterocycles. The summed E-state index contributed by atoms with van der Waals surface area (Å²) in [5.74, 6) is -0.242. The quantitative estimate of drug-likeness (QED) is 0.396. The lowest BCUT2D eigenvalue weighted by molar-refractivity contribution is -0.908. The van der Waals surface area contributed by atoms with Crippen LogP contribution in [0.1, 0.15) is 6.42 Å². The van der Waals surface area contributed by atoms with Crippen molar-refractivity contribution in [1.82, 2.24) is 10.6 Å². The van der Waals surface area contributed by atoms with Gasteiger partial charge in [0.2, 0.25) is 11.8 Å². The van der Waals surface area contributed by atoms with Gasteiger partial charge in [0, 0.05) is 6.42 Å². The lowest BCUT2D eigenvalue weighted by Gasteiger charge is -2.33. The van der Waals surface area contributed by atoms with E-state index in [1.807, 2.05) is 0 Å². The lowest BCUT2D eigenvalue weighted by Crippen LogP contribution is -2.49. The number of nitrogens with zero attached hydrogens (tertiary/aromatic N) is 2. The highest BCUT2D eigenvalue weighted by molar-refractivity contribution is 5.87. The van der Waals surface area contributed by atoms with Gasteiger partial charge >= 0.3 is 0 Å². The number of rotatable bonds is 12. The van der Waals surface area contributed by atoms with E-state index in [9.17, 15) is 9.59 Å². The average Bonchev–Trinajstić information content (AvgIpc) is 2.45. The average molecular weight is 326 g/mol. The van der Waals surface area contributed by atoms with E-state index in [1.54, 1.807) is 0 Å². The Hall–Kier alpha value is -1.66. The van der Waals surface area contributed by atoms with Crippen LogP contribution in [0, 0.1) is 0 Å². The van der Waals surface area contributed by atoms with Crippen LogP contribution in [-0.2, 0) is 9.59 Å². The second-order valence-electron chi connectivity index (χ2n) is 7.11. The van der Waals surface area contributed by atoms with Crippen LogP contribution in [0.5, 0.6) is 0 Å². The number of quaternary nitrogens is 2. The van der Waals surface area contributed by atoms with Crippen LogP contribution in [0.15, 0.2) is 25.3 Å². The molecule has 0 fully saturated rings. The third-order valence-corrected chi connectivity index (χ3v) is 3.93. The molecule has 0 atom stereocenters.